The van der Waals surface area contributed by atoms with Crippen LogP contribution in [-0.4, -0.2) is 61.3 Å². The Kier molecular flexibility index (Phi) is 9.86. The Bertz CT molecular complexity index is 1350. The molecule has 9 heteroatoms. The Morgan fingerprint density at radius 3 is 2.58 bits per heavy atom. The molecule has 1 heterocycles. The molecule has 0 saturated heterocycles. The number of ether oxygens (including phenoxy) is 2. The third-order valence-corrected chi connectivity index (χ3v) is 6.48. The van der Waals surface area contributed by atoms with Gasteiger partial charge < -0.3 is 24.8 Å². The van der Waals surface area contributed by atoms with Crippen molar-refractivity contribution in [3.63, 3.8) is 0 Å². The van der Waals surface area contributed by atoms with Crippen molar-refractivity contribution in [2.45, 2.75) is 25.9 Å². The number of carbonyl (C=O) groups excluding carboxylic acids is 1. The molecule has 0 bridgehead atoms. The van der Waals surface area contributed by atoms with Gasteiger partial charge in [0.25, 0.3) is 0 Å². The van der Waals surface area contributed by atoms with Crippen molar-refractivity contribution in [2.24, 2.45) is 0 Å². The molecule has 0 unspecified atom stereocenters. The number of likely N-dealkylation sites (N-methyl/N-ethyl adjacent to an activating group) is 1. The van der Waals surface area contributed by atoms with Crippen molar-refractivity contribution < 1.29 is 28.2 Å². The van der Waals surface area contributed by atoms with Crippen LogP contribution >= 0.6 is 0 Å². The van der Waals surface area contributed by atoms with Crippen molar-refractivity contribution in [1.82, 2.24) is 15.2 Å². The highest BCUT2D eigenvalue weighted by Crippen LogP contribution is 2.41. The summed E-state index contributed by atoms with van der Waals surface area (Å²) in [6, 6.07) is 16.4. The van der Waals surface area contributed by atoms with Crippen LogP contribution in [0.5, 0.6) is 17.4 Å². The van der Waals surface area contributed by atoms with Gasteiger partial charge in [0, 0.05) is 45.5 Å². The fourth-order valence-corrected chi connectivity index (χ4v) is 4.57. The standard InChI is InChI=1S/C31H33F2N3O4/c1-36(2)29(38)7-4-16-34-17-18-39-25-12-8-21(9-13-25)30-26(23-10-15-28(35-20-23)40-31(32)33)6-3-5-22-19-24(37)11-14-27(22)30/h4,7-15,19-20,31,34,37H,3,5-6,16-18H2,1-2H3/b7-4+. The highest BCUT2D eigenvalue weighted by molar-refractivity contribution is 6.00. The molecule has 4 rings (SSSR count). The summed E-state index contributed by atoms with van der Waals surface area (Å²) in [5.41, 5.74) is 5.90. The van der Waals surface area contributed by atoms with Crippen molar-refractivity contribution in [3.05, 3.63) is 95.2 Å². The second-order valence-electron chi connectivity index (χ2n) is 9.52. The van der Waals surface area contributed by atoms with Crippen molar-refractivity contribution in [3.8, 4) is 17.4 Å². The molecule has 0 aliphatic heterocycles. The lowest BCUT2D eigenvalue weighted by atomic mass is 9.88. The summed E-state index contributed by atoms with van der Waals surface area (Å²) in [5.74, 6) is 0.752. The Labute approximate surface area is 232 Å². The highest BCUT2D eigenvalue weighted by atomic mass is 19.3. The van der Waals surface area contributed by atoms with Crippen LogP contribution in [0.4, 0.5) is 8.78 Å². The number of amides is 1. The van der Waals surface area contributed by atoms with E-state index in [0.29, 0.717) is 19.7 Å². The lowest BCUT2D eigenvalue weighted by Gasteiger charge is -2.17. The number of pyridine rings is 1. The van der Waals surface area contributed by atoms with Crippen molar-refractivity contribution in [1.29, 1.82) is 0 Å². The van der Waals surface area contributed by atoms with Gasteiger partial charge in [0.05, 0.1) is 0 Å². The second kappa shape index (κ2) is 13.7. The molecule has 0 fully saturated rings. The largest absolute Gasteiger partial charge is 0.508 e. The van der Waals surface area contributed by atoms with Crippen LogP contribution in [0.25, 0.3) is 11.1 Å². The van der Waals surface area contributed by atoms with E-state index in [2.05, 4.69) is 15.0 Å². The molecule has 0 atom stereocenters. The van der Waals surface area contributed by atoms with E-state index in [4.69, 9.17) is 4.74 Å². The number of phenolic OH excluding ortho intramolecular Hbond substituents is 1. The first-order chi connectivity index (χ1) is 19.3. The van der Waals surface area contributed by atoms with E-state index in [1.807, 2.05) is 30.3 Å². The molecule has 210 valence electrons. The van der Waals surface area contributed by atoms with Crippen LogP contribution in [-0.2, 0) is 11.2 Å². The van der Waals surface area contributed by atoms with Gasteiger partial charge in [0.15, 0.2) is 0 Å². The third kappa shape index (κ3) is 7.66. The summed E-state index contributed by atoms with van der Waals surface area (Å²) >= 11 is 0. The van der Waals surface area contributed by atoms with E-state index >= 15 is 0 Å². The van der Waals surface area contributed by atoms with Gasteiger partial charge in [-0.3, -0.25) is 4.79 Å². The number of phenols is 1. The number of rotatable bonds is 11. The first kappa shape index (κ1) is 28.8. The molecule has 7 nitrogen and oxygen atoms in total. The predicted octanol–water partition coefficient (Wildman–Crippen LogP) is 5.30. The molecule has 3 aromatic rings. The Hall–Kier alpha value is -4.24. The van der Waals surface area contributed by atoms with Crippen LogP contribution in [0.3, 0.4) is 0 Å². The minimum atomic E-state index is -2.93. The van der Waals surface area contributed by atoms with E-state index in [0.717, 1.165) is 58.4 Å². The van der Waals surface area contributed by atoms with Gasteiger partial charge in [0.2, 0.25) is 11.8 Å². The van der Waals surface area contributed by atoms with Crippen molar-refractivity contribution in [2.75, 3.05) is 33.8 Å². The molecule has 1 aromatic heterocycles. The number of aromatic hydroxyl groups is 1. The summed E-state index contributed by atoms with van der Waals surface area (Å²) in [4.78, 5) is 17.1. The molecule has 0 spiro atoms. The molecule has 1 amide bonds. The molecule has 0 saturated carbocycles. The van der Waals surface area contributed by atoms with Gasteiger partial charge >= 0.3 is 6.61 Å². The van der Waals surface area contributed by atoms with Gasteiger partial charge in [-0.1, -0.05) is 24.3 Å². The number of benzene rings is 2. The van der Waals surface area contributed by atoms with Crippen LogP contribution in [0.15, 0.2) is 72.9 Å². The Morgan fingerprint density at radius 2 is 1.88 bits per heavy atom. The van der Waals surface area contributed by atoms with Gasteiger partial charge in [-0.15, -0.1) is 0 Å². The molecule has 40 heavy (non-hydrogen) atoms. The molecule has 1 aliphatic carbocycles. The number of hydrogen-bond acceptors (Lipinski definition) is 6. The number of nitrogens with one attached hydrogen (secondary N) is 1. The maximum absolute atomic E-state index is 12.6. The van der Waals surface area contributed by atoms with Crippen LogP contribution in [0, 0.1) is 0 Å². The van der Waals surface area contributed by atoms with Gasteiger partial charge in [-0.2, -0.15) is 8.78 Å². The van der Waals surface area contributed by atoms with E-state index in [1.54, 1.807) is 44.6 Å². The summed E-state index contributed by atoms with van der Waals surface area (Å²) in [7, 11) is 3.41. The monoisotopic (exact) mass is 549 g/mol. The summed E-state index contributed by atoms with van der Waals surface area (Å²) in [5, 5.41) is 13.3. The van der Waals surface area contributed by atoms with Crippen molar-refractivity contribution >= 4 is 17.1 Å². The normalized spacial score (nSPS) is 13.3. The lowest BCUT2D eigenvalue weighted by Crippen LogP contribution is -2.22. The van der Waals surface area contributed by atoms with Gasteiger partial charge in [0.1, 0.15) is 18.1 Å². The first-order valence-corrected chi connectivity index (χ1v) is 13.1. The zero-order chi connectivity index (χ0) is 28.5. The number of aryl methyl sites for hydroxylation is 1. The maximum Gasteiger partial charge on any atom is 0.388 e. The minimum Gasteiger partial charge on any atom is -0.508 e. The number of hydrogen-bond donors (Lipinski definition) is 2. The van der Waals surface area contributed by atoms with E-state index in [9.17, 15) is 18.7 Å². The molecular formula is C31H33F2N3O4. The number of nitrogens with zero attached hydrogens (tertiary/aromatic N) is 2. The third-order valence-electron chi connectivity index (χ3n) is 6.48. The smallest absolute Gasteiger partial charge is 0.388 e. The molecule has 2 N–H and O–H groups in total. The van der Waals surface area contributed by atoms with E-state index < -0.39 is 6.61 Å². The average Bonchev–Trinajstić information content (AvgIpc) is 3.12. The zero-order valence-corrected chi connectivity index (χ0v) is 22.6. The van der Waals surface area contributed by atoms with Crippen LogP contribution < -0.4 is 14.8 Å². The number of carbonyl (C=O) groups is 1. The molecular weight excluding hydrogens is 516 g/mol. The fourth-order valence-electron chi connectivity index (χ4n) is 4.57. The van der Waals surface area contributed by atoms with Crippen LogP contribution in [0.1, 0.15) is 35.1 Å². The number of aromatic nitrogens is 1. The van der Waals surface area contributed by atoms with E-state index in [1.165, 1.54) is 17.0 Å². The molecule has 1 aliphatic rings. The molecule has 2 aromatic carbocycles. The maximum atomic E-state index is 12.6. The Morgan fingerprint density at radius 1 is 1.10 bits per heavy atom. The zero-order valence-electron chi connectivity index (χ0n) is 22.6. The van der Waals surface area contributed by atoms with Gasteiger partial charge in [-0.25, -0.2) is 4.98 Å². The minimum absolute atomic E-state index is 0.0569. The summed E-state index contributed by atoms with van der Waals surface area (Å²) in [6.07, 6.45) is 7.28. The first-order valence-electron chi connectivity index (χ1n) is 13.1. The number of alkyl halides is 2. The second-order valence-corrected chi connectivity index (χ2v) is 9.52. The van der Waals surface area contributed by atoms with E-state index in [-0.39, 0.29) is 17.5 Å². The number of fused-ring (bicyclic) bond motifs is 1. The SMILES string of the molecule is CN(C)C(=O)/C=C/CNCCOc1ccc(C2=C(c3ccc(OC(F)F)nc3)CCCc3cc(O)ccc32)cc1. The fraction of sp³-hybridized carbons (Fsp3) is 0.290. The predicted molar refractivity (Wildman–Crippen MR) is 150 cm³/mol. The molecule has 0 radical (unpaired) electrons. The topological polar surface area (TPSA) is 83.9 Å². The quantitative estimate of drug-likeness (QED) is 0.250. The number of allylic oxidation sites excluding steroid dienone is 1. The Balaban J connectivity index is 1.52. The number of halogens is 2. The van der Waals surface area contributed by atoms with Gasteiger partial charge in [-0.05, 0) is 83.0 Å². The lowest BCUT2D eigenvalue weighted by molar-refractivity contribution is -0.123. The highest BCUT2D eigenvalue weighted by Gasteiger charge is 2.21. The average molecular weight is 550 g/mol. The van der Waals surface area contributed by atoms with Crippen LogP contribution in [0.2, 0.25) is 0 Å². The summed E-state index contributed by atoms with van der Waals surface area (Å²) in [6.45, 7) is -1.29. The summed E-state index contributed by atoms with van der Waals surface area (Å²) < 4.78 is 35.6.